The number of rotatable bonds is 2. The summed E-state index contributed by atoms with van der Waals surface area (Å²) in [5.41, 5.74) is 0.675. The summed E-state index contributed by atoms with van der Waals surface area (Å²) >= 11 is 3.51. The monoisotopic (exact) mass is 408 g/mol. The molecule has 3 saturated heterocycles. The molecule has 5 nitrogen and oxygen atoms in total. The fourth-order valence-electron chi connectivity index (χ4n) is 4.31. The van der Waals surface area contributed by atoms with Crippen molar-refractivity contribution in [1.29, 1.82) is 0 Å². The quantitative estimate of drug-likeness (QED) is 0.806. The second kappa shape index (κ2) is 6.47. The number of amides is 1. The molecule has 1 aromatic carbocycles. The van der Waals surface area contributed by atoms with E-state index in [-0.39, 0.29) is 23.8 Å². The number of nitrogens with zero attached hydrogens (tertiary/aromatic N) is 1. The third kappa shape index (κ3) is 3.65. The van der Waals surface area contributed by atoms with Crippen molar-refractivity contribution >= 4 is 22.0 Å². The molecule has 0 radical (unpaired) electrons. The molecule has 4 aliphatic rings. The van der Waals surface area contributed by atoms with Crippen LogP contribution in [0.2, 0.25) is 0 Å². The van der Waals surface area contributed by atoms with Gasteiger partial charge in [-0.15, -0.1) is 0 Å². The summed E-state index contributed by atoms with van der Waals surface area (Å²) in [6, 6.07) is 5.82. The summed E-state index contributed by atoms with van der Waals surface area (Å²) in [7, 11) is 0. The maximum atomic E-state index is 12.6. The molecule has 5 rings (SSSR count). The number of benzene rings is 1. The van der Waals surface area contributed by atoms with Gasteiger partial charge in [-0.3, -0.25) is 4.90 Å². The molecule has 2 bridgehead atoms. The Morgan fingerprint density at radius 3 is 2.80 bits per heavy atom. The van der Waals surface area contributed by atoms with Crippen LogP contribution in [0.15, 0.2) is 22.7 Å². The van der Waals surface area contributed by atoms with Crippen LogP contribution in [0.3, 0.4) is 0 Å². The van der Waals surface area contributed by atoms with E-state index in [0.29, 0.717) is 12.3 Å². The number of piperidine rings is 3. The zero-order valence-corrected chi connectivity index (χ0v) is 16.3. The molecule has 2 atom stereocenters. The molecule has 2 unspecified atom stereocenters. The average molecular weight is 409 g/mol. The Balaban J connectivity index is 1.46. The first-order chi connectivity index (χ1) is 11.9. The number of carbonyl (C=O) groups is 1. The fraction of sp³-hybridized carbons (Fsp3) is 0.632. The van der Waals surface area contributed by atoms with Crippen LogP contribution in [0.1, 0.15) is 44.7 Å². The molecule has 6 heteroatoms. The number of alkyl carbamates (subject to hydrolysis) is 1. The summed E-state index contributed by atoms with van der Waals surface area (Å²) in [4.78, 5) is 14.9. The fourth-order valence-corrected chi connectivity index (χ4v) is 4.69. The topological polar surface area (TPSA) is 50.8 Å². The van der Waals surface area contributed by atoms with Crippen LogP contribution < -0.4 is 10.1 Å². The van der Waals surface area contributed by atoms with E-state index in [1.807, 2.05) is 32.0 Å². The summed E-state index contributed by atoms with van der Waals surface area (Å²) in [6.07, 6.45) is 2.70. The Bertz CT molecular complexity index is 671. The van der Waals surface area contributed by atoms with E-state index in [4.69, 9.17) is 9.47 Å². The van der Waals surface area contributed by atoms with Crippen molar-refractivity contribution in [3.05, 3.63) is 28.2 Å². The first-order valence-corrected chi connectivity index (χ1v) is 9.87. The first-order valence-electron chi connectivity index (χ1n) is 9.08. The molecule has 0 spiro atoms. The Morgan fingerprint density at radius 2 is 2.12 bits per heavy atom. The van der Waals surface area contributed by atoms with E-state index in [1.165, 1.54) is 0 Å². The third-order valence-electron chi connectivity index (χ3n) is 5.58. The number of nitrogens with one attached hydrogen (secondary N) is 1. The summed E-state index contributed by atoms with van der Waals surface area (Å²) in [6.45, 7) is 7.25. The van der Waals surface area contributed by atoms with Gasteiger partial charge in [0, 0.05) is 23.0 Å². The minimum atomic E-state index is -0.325. The average Bonchev–Trinajstić information content (AvgIpc) is 2.56. The minimum Gasteiger partial charge on any atom is -0.487 e. The van der Waals surface area contributed by atoms with Crippen LogP contribution in [0, 0.1) is 5.92 Å². The molecule has 4 aliphatic heterocycles. The van der Waals surface area contributed by atoms with Crippen molar-refractivity contribution in [3.63, 3.8) is 0 Å². The van der Waals surface area contributed by atoms with E-state index in [1.54, 1.807) is 0 Å². The maximum absolute atomic E-state index is 12.6. The van der Waals surface area contributed by atoms with Crippen LogP contribution >= 0.6 is 15.9 Å². The SMILES string of the molecule is CC1(C)CC(NC(=O)OC2CN3CCC2CC3)c2cc(Br)ccc2O1. The molecule has 136 valence electrons. The predicted molar refractivity (Wildman–Crippen MR) is 98.8 cm³/mol. The molecular formula is C19H25BrN2O3. The molecular weight excluding hydrogens is 384 g/mol. The van der Waals surface area contributed by atoms with Gasteiger partial charge in [-0.25, -0.2) is 4.79 Å². The van der Waals surface area contributed by atoms with E-state index in [0.717, 1.165) is 48.3 Å². The molecule has 0 aliphatic carbocycles. The molecule has 3 fully saturated rings. The van der Waals surface area contributed by atoms with Gasteiger partial charge in [0.25, 0.3) is 0 Å². The van der Waals surface area contributed by atoms with Gasteiger partial charge in [0.1, 0.15) is 17.5 Å². The molecule has 4 heterocycles. The normalized spacial score (nSPS) is 32.4. The molecule has 0 saturated carbocycles. The van der Waals surface area contributed by atoms with Crippen LogP contribution in [0.25, 0.3) is 0 Å². The number of hydrogen-bond acceptors (Lipinski definition) is 4. The molecule has 1 N–H and O–H groups in total. The van der Waals surface area contributed by atoms with Crippen LogP contribution in [-0.4, -0.2) is 42.3 Å². The summed E-state index contributed by atoms with van der Waals surface area (Å²) in [5.74, 6) is 1.34. The van der Waals surface area contributed by atoms with Gasteiger partial charge in [0.2, 0.25) is 0 Å². The number of fused-ring (bicyclic) bond motifs is 4. The molecule has 25 heavy (non-hydrogen) atoms. The van der Waals surface area contributed by atoms with Crippen LogP contribution in [0.4, 0.5) is 4.79 Å². The highest BCUT2D eigenvalue weighted by Crippen LogP contribution is 2.40. The van der Waals surface area contributed by atoms with Gasteiger partial charge < -0.3 is 14.8 Å². The van der Waals surface area contributed by atoms with Crippen molar-refractivity contribution in [2.24, 2.45) is 5.92 Å². The van der Waals surface area contributed by atoms with Crippen LogP contribution in [-0.2, 0) is 4.74 Å². The maximum Gasteiger partial charge on any atom is 0.407 e. The van der Waals surface area contributed by atoms with E-state index in [2.05, 4.69) is 26.1 Å². The lowest BCUT2D eigenvalue weighted by Crippen LogP contribution is -2.53. The number of hydrogen-bond donors (Lipinski definition) is 1. The Kier molecular flexibility index (Phi) is 4.44. The minimum absolute atomic E-state index is 0.0253. The van der Waals surface area contributed by atoms with Gasteiger partial charge in [0.05, 0.1) is 6.04 Å². The lowest BCUT2D eigenvalue weighted by Gasteiger charge is -2.44. The van der Waals surface area contributed by atoms with E-state index in [9.17, 15) is 4.79 Å². The Morgan fingerprint density at radius 1 is 1.36 bits per heavy atom. The third-order valence-corrected chi connectivity index (χ3v) is 6.07. The number of ether oxygens (including phenoxy) is 2. The van der Waals surface area contributed by atoms with Gasteiger partial charge in [-0.1, -0.05) is 15.9 Å². The second-order valence-corrected chi connectivity index (χ2v) is 8.94. The highest BCUT2D eigenvalue weighted by Gasteiger charge is 2.38. The summed E-state index contributed by atoms with van der Waals surface area (Å²) in [5, 5.41) is 3.08. The summed E-state index contributed by atoms with van der Waals surface area (Å²) < 4.78 is 12.8. The van der Waals surface area contributed by atoms with Crippen molar-refractivity contribution in [2.75, 3.05) is 19.6 Å². The van der Waals surface area contributed by atoms with E-state index < -0.39 is 0 Å². The highest BCUT2D eigenvalue weighted by molar-refractivity contribution is 9.10. The largest absolute Gasteiger partial charge is 0.487 e. The zero-order chi connectivity index (χ0) is 17.6. The predicted octanol–water partition coefficient (Wildman–Crippen LogP) is 3.87. The standard InChI is InChI=1S/C19H25BrN2O3/c1-19(2)10-15(14-9-13(20)3-4-16(14)25-19)21-18(23)24-17-11-22-7-5-12(17)6-8-22/h3-4,9,12,15,17H,5-8,10-11H2,1-2H3,(H,21,23). The van der Waals surface area contributed by atoms with Gasteiger partial charge >= 0.3 is 6.09 Å². The van der Waals surface area contributed by atoms with Crippen molar-refractivity contribution in [1.82, 2.24) is 10.2 Å². The Hall–Kier alpha value is -1.27. The second-order valence-electron chi connectivity index (χ2n) is 8.03. The number of carbonyl (C=O) groups excluding carboxylic acids is 1. The molecule has 0 aromatic heterocycles. The van der Waals surface area contributed by atoms with Crippen molar-refractivity contribution in [3.8, 4) is 5.75 Å². The van der Waals surface area contributed by atoms with Crippen LogP contribution in [0.5, 0.6) is 5.75 Å². The van der Waals surface area contributed by atoms with Gasteiger partial charge in [-0.05, 0) is 63.9 Å². The smallest absolute Gasteiger partial charge is 0.407 e. The Labute approximate surface area is 157 Å². The van der Waals surface area contributed by atoms with Crippen molar-refractivity contribution < 1.29 is 14.3 Å². The van der Waals surface area contributed by atoms with Gasteiger partial charge in [-0.2, -0.15) is 0 Å². The zero-order valence-electron chi connectivity index (χ0n) is 14.8. The van der Waals surface area contributed by atoms with E-state index >= 15 is 0 Å². The van der Waals surface area contributed by atoms with Gasteiger partial charge in [0.15, 0.2) is 0 Å². The molecule has 1 amide bonds. The van der Waals surface area contributed by atoms with Crippen molar-refractivity contribution in [2.45, 2.75) is 50.9 Å². The first kappa shape index (κ1) is 17.2. The lowest BCUT2D eigenvalue weighted by molar-refractivity contribution is -0.0350. The highest BCUT2D eigenvalue weighted by atomic mass is 79.9. The lowest BCUT2D eigenvalue weighted by atomic mass is 9.86. The molecule has 1 aromatic rings. The number of halogens is 1.